The molecular formula is C16H14O4. The second-order valence-corrected chi connectivity index (χ2v) is 4.67. The summed E-state index contributed by atoms with van der Waals surface area (Å²) in [5, 5.41) is 18.1. The van der Waals surface area contributed by atoms with Gasteiger partial charge in [0.25, 0.3) is 0 Å². The Morgan fingerprint density at radius 2 is 1.10 bits per heavy atom. The van der Waals surface area contributed by atoms with Crippen molar-refractivity contribution >= 4 is 11.9 Å². The lowest BCUT2D eigenvalue weighted by Gasteiger charge is -2.11. The molecule has 2 aromatic carbocycles. The summed E-state index contributed by atoms with van der Waals surface area (Å²) in [6.45, 7) is 3.74. The van der Waals surface area contributed by atoms with Gasteiger partial charge in [0.15, 0.2) is 0 Å². The molecule has 20 heavy (non-hydrogen) atoms. The Kier molecular flexibility index (Phi) is 3.57. The Morgan fingerprint density at radius 1 is 0.750 bits per heavy atom. The lowest BCUT2D eigenvalue weighted by molar-refractivity contribution is 0.0686. The average Bonchev–Trinajstić information content (AvgIpc) is 2.39. The third-order valence-corrected chi connectivity index (χ3v) is 3.26. The van der Waals surface area contributed by atoms with Gasteiger partial charge in [0.05, 0.1) is 11.1 Å². The van der Waals surface area contributed by atoms with Gasteiger partial charge in [-0.25, -0.2) is 9.59 Å². The molecular weight excluding hydrogens is 256 g/mol. The molecule has 0 bridgehead atoms. The second kappa shape index (κ2) is 5.17. The standard InChI is InChI=1S/C16H14O4/c1-9-3-5-11(15(17)18)7-13(9)14-8-12(16(19)20)6-4-10(14)2/h3-8H,1-2H3,(H,17,18)(H,19,20). The van der Waals surface area contributed by atoms with Gasteiger partial charge in [-0.2, -0.15) is 0 Å². The Bertz CT molecular complexity index is 640. The van der Waals surface area contributed by atoms with Gasteiger partial charge in [0.2, 0.25) is 0 Å². The van der Waals surface area contributed by atoms with Gasteiger partial charge in [0.1, 0.15) is 0 Å². The maximum Gasteiger partial charge on any atom is 0.335 e. The van der Waals surface area contributed by atoms with Crippen LogP contribution in [0.25, 0.3) is 11.1 Å². The van der Waals surface area contributed by atoms with Crippen molar-refractivity contribution < 1.29 is 19.8 Å². The van der Waals surface area contributed by atoms with E-state index in [2.05, 4.69) is 0 Å². The van der Waals surface area contributed by atoms with Crippen molar-refractivity contribution in [1.82, 2.24) is 0 Å². The average molecular weight is 270 g/mol. The van der Waals surface area contributed by atoms with E-state index in [-0.39, 0.29) is 11.1 Å². The highest BCUT2D eigenvalue weighted by molar-refractivity contribution is 5.92. The topological polar surface area (TPSA) is 74.6 Å². The van der Waals surface area contributed by atoms with Gasteiger partial charge in [-0.1, -0.05) is 12.1 Å². The van der Waals surface area contributed by atoms with E-state index in [1.54, 1.807) is 24.3 Å². The lowest BCUT2D eigenvalue weighted by atomic mass is 9.93. The maximum absolute atomic E-state index is 11.1. The van der Waals surface area contributed by atoms with Crippen molar-refractivity contribution in [3.63, 3.8) is 0 Å². The van der Waals surface area contributed by atoms with Crippen LogP contribution in [0, 0.1) is 13.8 Å². The second-order valence-electron chi connectivity index (χ2n) is 4.67. The number of hydrogen-bond acceptors (Lipinski definition) is 2. The molecule has 0 radical (unpaired) electrons. The van der Waals surface area contributed by atoms with Gasteiger partial charge in [0, 0.05) is 0 Å². The summed E-state index contributed by atoms with van der Waals surface area (Å²) in [5.74, 6) is -2.00. The number of benzene rings is 2. The fourth-order valence-corrected chi connectivity index (χ4v) is 2.09. The summed E-state index contributed by atoms with van der Waals surface area (Å²) >= 11 is 0. The molecule has 0 aliphatic carbocycles. The van der Waals surface area contributed by atoms with E-state index in [0.717, 1.165) is 22.3 Å². The molecule has 0 saturated heterocycles. The van der Waals surface area contributed by atoms with E-state index >= 15 is 0 Å². The first-order valence-corrected chi connectivity index (χ1v) is 6.08. The molecule has 0 aromatic heterocycles. The molecule has 0 atom stereocenters. The van der Waals surface area contributed by atoms with Crippen LogP contribution in [-0.2, 0) is 0 Å². The van der Waals surface area contributed by atoms with E-state index in [1.807, 2.05) is 13.8 Å². The maximum atomic E-state index is 11.1. The molecule has 4 nitrogen and oxygen atoms in total. The zero-order valence-electron chi connectivity index (χ0n) is 11.2. The van der Waals surface area contributed by atoms with Crippen molar-refractivity contribution in [2.24, 2.45) is 0 Å². The van der Waals surface area contributed by atoms with Gasteiger partial charge in [-0.15, -0.1) is 0 Å². The zero-order valence-corrected chi connectivity index (χ0v) is 11.2. The normalized spacial score (nSPS) is 10.3. The molecule has 4 heteroatoms. The van der Waals surface area contributed by atoms with Crippen molar-refractivity contribution in [2.75, 3.05) is 0 Å². The zero-order chi connectivity index (χ0) is 14.9. The van der Waals surface area contributed by atoms with Crippen LogP contribution in [0.5, 0.6) is 0 Å². The highest BCUT2D eigenvalue weighted by atomic mass is 16.4. The van der Waals surface area contributed by atoms with E-state index < -0.39 is 11.9 Å². The molecule has 2 aromatic rings. The Morgan fingerprint density at radius 3 is 1.40 bits per heavy atom. The van der Waals surface area contributed by atoms with Crippen LogP contribution in [0.15, 0.2) is 36.4 Å². The predicted molar refractivity (Wildman–Crippen MR) is 75.3 cm³/mol. The van der Waals surface area contributed by atoms with Crippen LogP contribution >= 0.6 is 0 Å². The predicted octanol–water partition coefficient (Wildman–Crippen LogP) is 3.37. The molecule has 0 unspecified atom stereocenters. The SMILES string of the molecule is Cc1ccc(C(=O)O)cc1-c1cc(C(=O)O)ccc1C. The largest absolute Gasteiger partial charge is 0.478 e. The molecule has 2 N–H and O–H groups in total. The Hall–Kier alpha value is -2.62. The number of rotatable bonds is 3. The van der Waals surface area contributed by atoms with Crippen molar-refractivity contribution in [1.29, 1.82) is 0 Å². The molecule has 0 amide bonds. The van der Waals surface area contributed by atoms with Gasteiger partial charge in [-0.3, -0.25) is 0 Å². The third kappa shape index (κ3) is 2.54. The van der Waals surface area contributed by atoms with Crippen LogP contribution in [0.2, 0.25) is 0 Å². The fraction of sp³-hybridized carbons (Fsp3) is 0.125. The minimum Gasteiger partial charge on any atom is -0.478 e. The summed E-state index contributed by atoms with van der Waals surface area (Å²) in [6.07, 6.45) is 0. The van der Waals surface area contributed by atoms with Crippen molar-refractivity contribution in [3.8, 4) is 11.1 Å². The molecule has 102 valence electrons. The minimum absolute atomic E-state index is 0.186. The van der Waals surface area contributed by atoms with Gasteiger partial charge >= 0.3 is 11.9 Å². The lowest BCUT2D eigenvalue weighted by Crippen LogP contribution is -2.00. The fourth-order valence-electron chi connectivity index (χ4n) is 2.09. The first-order valence-electron chi connectivity index (χ1n) is 6.08. The number of carboxylic acid groups (broad SMARTS) is 2. The number of aromatic carboxylic acids is 2. The van der Waals surface area contributed by atoms with E-state index in [0.29, 0.717) is 0 Å². The summed E-state index contributed by atoms with van der Waals surface area (Å²) in [6, 6.07) is 9.68. The van der Waals surface area contributed by atoms with Crippen LogP contribution < -0.4 is 0 Å². The first-order chi connectivity index (χ1) is 9.40. The van der Waals surface area contributed by atoms with Crippen molar-refractivity contribution in [2.45, 2.75) is 13.8 Å². The minimum atomic E-state index is -1.00. The molecule has 0 saturated carbocycles. The molecule has 0 fully saturated rings. The van der Waals surface area contributed by atoms with Crippen LogP contribution in [0.3, 0.4) is 0 Å². The van der Waals surface area contributed by atoms with E-state index in [1.165, 1.54) is 12.1 Å². The summed E-state index contributed by atoms with van der Waals surface area (Å²) < 4.78 is 0. The molecule has 0 aliphatic heterocycles. The number of aryl methyl sites for hydroxylation is 2. The highest BCUT2D eigenvalue weighted by Gasteiger charge is 2.12. The highest BCUT2D eigenvalue weighted by Crippen LogP contribution is 2.28. The summed E-state index contributed by atoms with van der Waals surface area (Å²) in [7, 11) is 0. The van der Waals surface area contributed by atoms with Crippen LogP contribution in [-0.4, -0.2) is 22.2 Å². The molecule has 2 rings (SSSR count). The molecule has 0 heterocycles. The Labute approximate surface area is 116 Å². The molecule has 0 aliphatic rings. The summed E-state index contributed by atoms with van der Waals surface area (Å²) in [5.41, 5.74) is 3.66. The Balaban J connectivity index is 2.67. The van der Waals surface area contributed by atoms with Gasteiger partial charge in [-0.05, 0) is 60.4 Å². The number of carboxylic acids is 2. The number of carbonyl (C=O) groups is 2. The number of hydrogen-bond donors (Lipinski definition) is 2. The summed E-state index contributed by atoms with van der Waals surface area (Å²) in [4.78, 5) is 22.1. The third-order valence-electron chi connectivity index (χ3n) is 3.26. The van der Waals surface area contributed by atoms with Crippen LogP contribution in [0.1, 0.15) is 31.8 Å². The monoisotopic (exact) mass is 270 g/mol. The van der Waals surface area contributed by atoms with Gasteiger partial charge < -0.3 is 10.2 Å². The van der Waals surface area contributed by atoms with Crippen LogP contribution in [0.4, 0.5) is 0 Å². The quantitative estimate of drug-likeness (QED) is 0.896. The first kappa shape index (κ1) is 13.8. The molecule has 0 spiro atoms. The smallest absolute Gasteiger partial charge is 0.335 e. The van der Waals surface area contributed by atoms with E-state index in [4.69, 9.17) is 10.2 Å². The van der Waals surface area contributed by atoms with Crippen molar-refractivity contribution in [3.05, 3.63) is 58.7 Å². The van der Waals surface area contributed by atoms with E-state index in [9.17, 15) is 9.59 Å².